The number of nitrogens with zero attached hydrogens (tertiary/aromatic N) is 2. The van der Waals surface area contributed by atoms with Crippen molar-refractivity contribution in [1.29, 1.82) is 0 Å². The summed E-state index contributed by atoms with van der Waals surface area (Å²) in [5.41, 5.74) is 0.201. The number of likely N-dealkylation sites (N-methyl/N-ethyl adjacent to an activating group) is 1. The van der Waals surface area contributed by atoms with E-state index in [-0.39, 0.29) is 30.5 Å². The Bertz CT molecular complexity index is 580. The monoisotopic (exact) mass is 311 g/mol. The summed E-state index contributed by atoms with van der Waals surface area (Å²) in [6, 6.07) is 2.81. The molecule has 2 amide bonds. The van der Waals surface area contributed by atoms with Gasteiger partial charge in [-0.15, -0.1) is 0 Å². The third-order valence-electron chi connectivity index (χ3n) is 3.85. The number of hydrogen-bond acceptors (Lipinski definition) is 3. The van der Waals surface area contributed by atoms with E-state index >= 15 is 0 Å². The van der Waals surface area contributed by atoms with E-state index < -0.39 is 17.7 Å². The highest BCUT2D eigenvalue weighted by Crippen LogP contribution is 2.22. The zero-order valence-corrected chi connectivity index (χ0v) is 12.6. The van der Waals surface area contributed by atoms with Crippen molar-refractivity contribution < 1.29 is 18.4 Å². The van der Waals surface area contributed by atoms with Crippen molar-refractivity contribution in [2.45, 2.75) is 13.0 Å². The molecule has 1 N–H and O–H groups in total. The number of hydrogen-bond donors (Lipinski definition) is 1. The Hall–Kier alpha value is -2.02. The van der Waals surface area contributed by atoms with Crippen LogP contribution in [0.2, 0.25) is 0 Å². The summed E-state index contributed by atoms with van der Waals surface area (Å²) in [5.74, 6) is -1.42. The zero-order chi connectivity index (χ0) is 16.3. The quantitative estimate of drug-likeness (QED) is 0.899. The normalized spacial score (nSPS) is 16.6. The van der Waals surface area contributed by atoms with Crippen LogP contribution in [0.25, 0.3) is 0 Å². The molecule has 1 aromatic carbocycles. The summed E-state index contributed by atoms with van der Waals surface area (Å²) < 4.78 is 27.0. The molecule has 1 fully saturated rings. The predicted octanol–water partition coefficient (Wildman–Crippen LogP) is 0.916. The lowest BCUT2D eigenvalue weighted by atomic mass is 10.1. The maximum absolute atomic E-state index is 13.8. The van der Waals surface area contributed by atoms with Crippen molar-refractivity contribution in [3.8, 4) is 0 Å². The van der Waals surface area contributed by atoms with Gasteiger partial charge < -0.3 is 10.2 Å². The molecule has 120 valence electrons. The SMILES string of the molecule is CC(c1cc(F)ccc1F)N(C)CC(=O)N1CCNC(=O)C1. The fourth-order valence-corrected chi connectivity index (χ4v) is 2.37. The van der Waals surface area contributed by atoms with Crippen LogP contribution in [0.1, 0.15) is 18.5 Å². The van der Waals surface area contributed by atoms with Gasteiger partial charge in [0.25, 0.3) is 0 Å². The van der Waals surface area contributed by atoms with Gasteiger partial charge in [0.15, 0.2) is 0 Å². The second kappa shape index (κ2) is 6.83. The highest BCUT2D eigenvalue weighted by molar-refractivity contribution is 5.86. The molecule has 1 heterocycles. The van der Waals surface area contributed by atoms with Crippen LogP contribution in [0.3, 0.4) is 0 Å². The molecule has 7 heteroatoms. The van der Waals surface area contributed by atoms with Crippen LogP contribution >= 0.6 is 0 Å². The molecule has 1 saturated heterocycles. The average Bonchev–Trinajstić information content (AvgIpc) is 2.48. The van der Waals surface area contributed by atoms with Crippen molar-refractivity contribution in [1.82, 2.24) is 15.1 Å². The van der Waals surface area contributed by atoms with Gasteiger partial charge in [-0.05, 0) is 32.2 Å². The lowest BCUT2D eigenvalue weighted by molar-refractivity contribution is -0.139. The molecule has 0 spiro atoms. The first kappa shape index (κ1) is 16.4. The van der Waals surface area contributed by atoms with E-state index in [4.69, 9.17) is 0 Å². The van der Waals surface area contributed by atoms with Crippen LogP contribution in [0.5, 0.6) is 0 Å². The fraction of sp³-hybridized carbons (Fsp3) is 0.467. The third kappa shape index (κ3) is 3.79. The summed E-state index contributed by atoms with van der Waals surface area (Å²) in [6.07, 6.45) is 0. The molecule has 1 atom stereocenters. The van der Waals surface area contributed by atoms with Crippen molar-refractivity contribution >= 4 is 11.8 Å². The third-order valence-corrected chi connectivity index (χ3v) is 3.85. The van der Waals surface area contributed by atoms with Gasteiger partial charge >= 0.3 is 0 Å². The van der Waals surface area contributed by atoms with Crippen molar-refractivity contribution in [2.24, 2.45) is 0 Å². The largest absolute Gasteiger partial charge is 0.353 e. The molecule has 1 aliphatic rings. The van der Waals surface area contributed by atoms with Gasteiger partial charge in [-0.1, -0.05) is 0 Å². The number of carbonyl (C=O) groups is 2. The van der Waals surface area contributed by atoms with E-state index in [1.807, 2.05) is 0 Å². The van der Waals surface area contributed by atoms with Gasteiger partial charge in [0.2, 0.25) is 11.8 Å². The van der Waals surface area contributed by atoms with E-state index in [2.05, 4.69) is 5.32 Å². The number of rotatable bonds is 4. The summed E-state index contributed by atoms with van der Waals surface area (Å²) in [4.78, 5) is 26.6. The average molecular weight is 311 g/mol. The number of piperazine rings is 1. The number of carbonyl (C=O) groups excluding carboxylic acids is 2. The standard InChI is InChI=1S/C15H19F2N3O2/c1-10(12-7-11(16)3-4-13(12)17)19(2)9-15(22)20-6-5-18-14(21)8-20/h3-4,7,10H,5-6,8-9H2,1-2H3,(H,18,21). The Morgan fingerprint density at radius 1 is 1.45 bits per heavy atom. The van der Waals surface area contributed by atoms with E-state index in [1.165, 1.54) is 4.90 Å². The van der Waals surface area contributed by atoms with Gasteiger partial charge in [0.1, 0.15) is 11.6 Å². The summed E-state index contributed by atoms with van der Waals surface area (Å²) in [7, 11) is 1.66. The molecule has 0 aromatic heterocycles. The van der Waals surface area contributed by atoms with Crippen LogP contribution < -0.4 is 5.32 Å². The zero-order valence-electron chi connectivity index (χ0n) is 12.6. The fourth-order valence-electron chi connectivity index (χ4n) is 2.37. The molecule has 0 aliphatic carbocycles. The minimum Gasteiger partial charge on any atom is -0.353 e. The molecular formula is C15H19F2N3O2. The Kier molecular flexibility index (Phi) is 5.07. The maximum Gasteiger partial charge on any atom is 0.239 e. The molecular weight excluding hydrogens is 292 g/mol. The van der Waals surface area contributed by atoms with E-state index in [0.717, 1.165) is 18.2 Å². The van der Waals surface area contributed by atoms with Crippen LogP contribution in [-0.2, 0) is 9.59 Å². The molecule has 0 radical (unpaired) electrons. The number of halogens is 2. The minimum atomic E-state index is -0.518. The van der Waals surface area contributed by atoms with Gasteiger partial charge in [0.05, 0.1) is 13.1 Å². The second-order valence-corrected chi connectivity index (χ2v) is 5.42. The Morgan fingerprint density at radius 2 is 2.18 bits per heavy atom. The highest BCUT2D eigenvalue weighted by Gasteiger charge is 2.24. The first-order chi connectivity index (χ1) is 10.4. The smallest absolute Gasteiger partial charge is 0.239 e. The molecule has 22 heavy (non-hydrogen) atoms. The Labute approximate surface area is 127 Å². The molecule has 1 unspecified atom stereocenters. The van der Waals surface area contributed by atoms with Gasteiger partial charge in [-0.2, -0.15) is 0 Å². The van der Waals surface area contributed by atoms with Gasteiger partial charge in [-0.25, -0.2) is 8.78 Å². The summed E-state index contributed by atoms with van der Waals surface area (Å²) in [5, 5.41) is 2.64. The minimum absolute atomic E-state index is 0.0321. The first-order valence-electron chi connectivity index (χ1n) is 7.08. The lowest BCUT2D eigenvalue weighted by Gasteiger charge is -2.30. The predicted molar refractivity (Wildman–Crippen MR) is 77.0 cm³/mol. The first-order valence-corrected chi connectivity index (χ1v) is 7.08. The molecule has 5 nitrogen and oxygen atoms in total. The summed E-state index contributed by atoms with van der Waals surface area (Å²) in [6.45, 7) is 2.66. The van der Waals surface area contributed by atoms with Crippen molar-refractivity contribution in [3.63, 3.8) is 0 Å². The lowest BCUT2D eigenvalue weighted by Crippen LogP contribution is -2.52. The van der Waals surface area contributed by atoms with E-state index in [9.17, 15) is 18.4 Å². The number of benzene rings is 1. The van der Waals surface area contributed by atoms with E-state index in [0.29, 0.717) is 13.1 Å². The number of amides is 2. The van der Waals surface area contributed by atoms with Crippen LogP contribution in [0.15, 0.2) is 18.2 Å². The maximum atomic E-state index is 13.8. The molecule has 2 rings (SSSR count). The molecule has 1 aromatic rings. The van der Waals surface area contributed by atoms with Gasteiger partial charge in [-0.3, -0.25) is 14.5 Å². The van der Waals surface area contributed by atoms with Crippen molar-refractivity contribution in [2.75, 3.05) is 33.2 Å². The molecule has 0 saturated carbocycles. The van der Waals surface area contributed by atoms with Crippen LogP contribution in [0, 0.1) is 11.6 Å². The topological polar surface area (TPSA) is 52.7 Å². The Morgan fingerprint density at radius 3 is 2.86 bits per heavy atom. The summed E-state index contributed by atoms with van der Waals surface area (Å²) >= 11 is 0. The van der Waals surface area contributed by atoms with Crippen LogP contribution in [-0.4, -0.2) is 54.8 Å². The molecule has 1 aliphatic heterocycles. The van der Waals surface area contributed by atoms with Crippen molar-refractivity contribution in [3.05, 3.63) is 35.4 Å². The van der Waals surface area contributed by atoms with Gasteiger partial charge in [0, 0.05) is 24.7 Å². The van der Waals surface area contributed by atoms with E-state index in [1.54, 1.807) is 18.9 Å². The molecule has 0 bridgehead atoms. The van der Waals surface area contributed by atoms with Crippen LogP contribution in [0.4, 0.5) is 8.78 Å². The second-order valence-electron chi connectivity index (χ2n) is 5.42. The number of nitrogens with one attached hydrogen (secondary N) is 1. The Balaban J connectivity index is 2.01. The highest BCUT2D eigenvalue weighted by atomic mass is 19.1.